The first-order chi connectivity index (χ1) is 12.5. The molecule has 1 aromatic carbocycles. The number of carbonyl (C=O) groups excluding carboxylic acids is 1. The Labute approximate surface area is 147 Å². The van der Waals surface area contributed by atoms with Crippen LogP contribution in [0.4, 0.5) is 10.2 Å². The van der Waals surface area contributed by atoms with E-state index in [2.05, 4.69) is 15.3 Å². The maximum atomic E-state index is 13.8. The van der Waals surface area contributed by atoms with Gasteiger partial charge in [0.25, 0.3) is 11.5 Å². The summed E-state index contributed by atoms with van der Waals surface area (Å²) in [4.78, 5) is 43.2. The topological polar surface area (TPSA) is 96.9 Å². The van der Waals surface area contributed by atoms with Crippen LogP contribution in [0.2, 0.25) is 0 Å². The molecule has 0 saturated carbocycles. The van der Waals surface area contributed by atoms with Crippen LogP contribution >= 0.6 is 0 Å². The first-order valence-electron chi connectivity index (χ1n) is 7.75. The second-order valence-electron chi connectivity index (χ2n) is 5.67. The number of aromatic amines is 1. The monoisotopic (exact) mass is 354 g/mol. The molecule has 2 aromatic heterocycles. The van der Waals surface area contributed by atoms with Crippen LogP contribution in [0.25, 0.3) is 0 Å². The van der Waals surface area contributed by atoms with Gasteiger partial charge in [-0.15, -0.1) is 0 Å². The molecule has 0 aliphatic heterocycles. The van der Waals surface area contributed by atoms with Crippen molar-refractivity contribution in [3.05, 3.63) is 92.1 Å². The van der Waals surface area contributed by atoms with E-state index in [0.29, 0.717) is 0 Å². The second kappa shape index (κ2) is 7.14. The predicted molar refractivity (Wildman–Crippen MR) is 93.8 cm³/mol. The summed E-state index contributed by atoms with van der Waals surface area (Å²) in [6.45, 7) is 1.56. The second-order valence-corrected chi connectivity index (χ2v) is 5.67. The smallest absolute Gasteiger partial charge is 0.313 e. The van der Waals surface area contributed by atoms with Crippen molar-refractivity contribution >= 4 is 11.7 Å². The maximum absolute atomic E-state index is 13.8. The van der Waals surface area contributed by atoms with Gasteiger partial charge in [0, 0.05) is 18.0 Å². The average Bonchev–Trinajstić information content (AvgIpc) is 2.62. The summed E-state index contributed by atoms with van der Waals surface area (Å²) in [5.41, 5.74) is -0.745. The van der Waals surface area contributed by atoms with E-state index in [1.54, 1.807) is 24.4 Å². The summed E-state index contributed by atoms with van der Waals surface area (Å²) >= 11 is 0. The Kier molecular flexibility index (Phi) is 4.74. The van der Waals surface area contributed by atoms with E-state index in [-0.39, 0.29) is 23.5 Å². The first-order valence-corrected chi connectivity index (χ1v) is 7.75. The lowest BCUT2D eigenvalue weighted by atomic mass is 10.2. The summed E-state index contributed by atoms with van der Waals surface area (Å²) < 4.78 is 14.6. The molecular weight excluding hydrogens is 339 g/mol. The Bertz CT molecular complexity index is 1070. The van der Waals surface area contributed by atoms with Crippen molar-refractivity contribution < 1.29 is 9.18 Å². The fourth-order valence-corrected chi connectivity index (χ4v) is 2.34. The standard InChI is InChI=1S/C18H15FN4O3/c1-11-6-7-15(20-8-11)22-16(24)13-9-21-18(26)23(17(13)25)10-12-4-2-3-5-14(12)19/h2-9H,10H2,1H3,(H,21,26)(H,20,22,24). The van der Waals surface area contributed by atoms with Crippen LogP contribution in [0.3, 0.4) is 0 Å². The molecule has 0 bridgehead atoms. The number of amides is 1. The lowest BCUT2D eigenvalue weighted by Gasteiger charge is -2.08. The number of H-pyrrole nitrogens is 1. The van der Waals surface area contributed by atoms with Crippen molar-refractivity contribution in [2.45, 2.75) is 13.5 Å². The maximum Gasteiger partial charge on any atom is 0.328 e. The van der Waals surface area contributed by atoms with E-state index in [9.17, 15) is 18.8 Å². The van der Waals surface area contributed by atoms with E-state index < -0.39 is 23.0 Å². The van der Waals surface area contributed by atoms with Gasteiger partial charge in [-0.2, -0.15) is 0 Å². The number of aryl methyl sites for hydroxylation is 1. The zero-order valence-corrected chi connectivity index (χ0v) is 13.8. The lowest BCUT2D eigenvalue weighted by molar-refractivity contribution is 0.102. The molecule has 0 saturated heterocycles. The third kappa shape index (κ3) is 3.59. The molecule has 1 amide bonds. The highest BCUT2D eigenvalue weighted by Gasteiger charge is 2.16. The van der Waals surface area contributed by atoms with E-state index in [1.807, 2.05) is 6.92 Å². The van der Waals surface area contributed by atoms with E-state index in [1.165, 1.54) is 18.2 Å². The van der Waals surface area contributed by atoms with Gasteiger partial charge in [-0.1, -0.05) is 24.3 Å². The number of rotatable bonds is 4. The lowest BCUT2D eigenvalue weighted by Crippen LogP contribution is -2.39. The van der Waals surface area contributed by atoms with Gasteiger partial charge in [0.05, 0.1) is 6.54 Å². The number of nitrogens with zero attached hydrogens (tertiary/aromatic N) is 2. The van der Waals surface area contributed by atoms with Crippen LogP contribution in [0.5, 0.6) is 0 Å². The number of carbonyl (C=O) groups is 1. The third-order valence-electron chi connectivity index (χ3n) is 3.74. The molecule has 8 heteroatoms. The zero-order chi connectivity index (χ0) is 18.7. The summed E-state index contributed by atoms with van der Waals surface area (Å²) in [6, 6.07) is 9.14. The van der Waals surface area contributed by atoms with Crippen LogP contribution in [-0.4, -0.2) is 20.4 Å². The van der Waals surface area contributed by atoms with E-state index >= 15 is 0 Å². The number of hydrogen-bond acceptors (Lipinski definition) is 4. The number of anilines is 1. The minimum Gasteiger partial charge on any atom is -0.313 e. The normalized spacial score (nSPS) is 10.5. The Morgan fingerprint density at radius 1 is 1.23 bits per heavy atom. The van der Waals surface area contributed by atoms with Gasteiger partial charge in [0.2, 0.25) is 0 Å². The number of hydrogen-bond donors (Lipinski definition) is 2. The molecule has 132 valence electrons. The van der Waals surface area contributed by atoms with Crippen molar-refractivity contribution in [1.29, 1.82) is 0 Å². The Hall–Kier alpha value is -3.55. The van der Waals surface area contributed by atoms with Gasteiger partial charge < -0.3 is 10.3 Å². The quantitative estimate of drug-likeness (QED) is 0.745. The number of pyridine rings is 1. The minimum atomic E-state index is -0.818. The van der Waals surface area contributed by atoms with Gasteiger partial charge in [0.1, 0.15) is 17.2 Å². The molecule has 0 spiro atoms. The van der Waals surface area contributed by atoms with Crippen LogP contribution in [-0.2, 0) is 6.54 Å². The number of nitrogens with one attached hydrogen (secondary N) is 2. The third-order valence-corrected chi connectivity index (χ3v) is 3.74. The molecular formula is C18H15FN4O3. The molecule has 0 aliphatic carbocycles. The number of benzene rings is 1. The molecule has 0 unspecified atom stereocenters. The molecule has 2 N–H and O–H groups in total. The van der Waals surface area contributed by atoms with Gasteiger partial charge >= 0.3 is 5.69 Å². The molecule has 0 atom stereocenters. The van der Waals surface area contributed by atoms with Gasteiger partial charge in [0.15, 0.2) is 0 Å². The van der Waals surface area contributed by atoms with Crippen molar-refractivity contribution in [2.75, 3.05) is 5.32 Å². The fourth-order valence-electron chi connectivity index (χ4n) is 2.34. The summed E-state index contributed by atoms with van der Waals surface area (Å²) in [6.07, 6.45) is 2.60. The Morgan fingerprint density at radius 3 is 2.69 bits per heavy atom. The molecule has 2 heterocycles. The Balaban J connectivity index is 1.93. The van der Waals surface area contributed by atoms with E-state index in [0.717, 1.165) is 16.3 Å². The molecule has 0 fully saturated rings. The van der Waals surface area contributed by atoms with Crippen LogP contribution in [0.1, 0.15) is 21.5 Å². The summed E-state index contributed by atoms with van der Waals surface area (Å²) in [5, 5.41) is 2.49. The molecule has 26 heavy (non-hydrogen) atoms. The predicted octanol–water partition coefficient (Wildman–Crippen LogP) is 1.68. The van der Waals surface area contributed by atoms with Crippen molar-refractivity contribution in [3.63, 3.8) is 0 Å². The Morgan fingerprint density at radius 2 is 2.00 bits per heavy atom. The average molecular weight is 354 g/mol. The van der Waals surface area contributed by atoms with Crippen molar-refractivity contribution in [1.82, 2.24) is 14.5 Å². The molecule has 3 aromatic rings. The largest absolute Gasteiger partial charge is 0.328 e. The summed E-state index contributed by atoms with van der Waals surface area (Å²) in [7, 11) is 0. The molecule has 0 aliphatic rings. The SMILES string of the molecule is Cc1ccc(NC(=O)c2c[nH]c(=O)n(Cc3ccccc3F)c2=O)nc1. The van der Waals surface area contributed by atoms with Crippen molar-refractivity contribution in [3.8, 4) is 0 Å². The highest BCUT2D eigenvalue weighted by atomic mass is 19.1. The van der Waals surface area contributed by atoms with Crippen LogP contribution < -0.4 is 16.6 Å². The molecule has 3 rings (SSSR count). The van der Waals surface area contributed by atoms with Crippen LogP contribution in [0, 0.1) is 12.7 Å². The van der Waals surface area contributed by atoms with Gasteiger partial charge in [-0.25, -0.2) is 14.2 Å². The number of aromatic nitrogens is 3. The van der Waals surface area contributed by atoms with Gasteiger partial charge in [-0.05, 0) is 24.6 Å². The summed E-state index contributed by atoms with van der Waals surface area (Å²) in [5.74, 6) is -0.991. The first kappa shape index (κ1) is 17.3. The minimum absolute atomic E-state index is 0.165. The molecule has 7 nitrogen and oxygen atoms in total. The van der Waals surface area contributed by atoms with Gasteiger partial charge in [-0.3, -0.25) is 14.2 Å². The van der Waals surface area contributed by atoms with Crippen LogP contribution in [0.15, 0.2) is 58.4 Å². The zero-order valence-electron chi connectivity index (χ0n) is 13.8. The highest BCUT2D eigenvalue weighted by Crippen LogP contribution is 2.07. The molecule has 0 radical (unpaired) electrons. The number of halogens is 1. The van der Waals surface area contributed by atoms with E-state index in [4.69, 9.17) is 0 Å². The fraction of sp³-hybridized carbons (Fsp3) is 0.111. The van der Waals surface area contributed by atoms with Crippen molar-refractivity contribution in [2.24, 2.45) is 0 Å². The highest BCUT2D eigenvalue weighted by molar-refractivity contribution is 6.03.